The molecule has 2 rings (SSSR count). The van der Waals surface area contributed by atoms with E-state index in [4.69, 9.17) is 16.1 Å². The molecule has 2 aromatic rings. The van der Waals surface area contributed by atoms with Crippen molar-refractivity contribution in [3.8, 4) is 0 Å². The zero-order valence-corrected chi connectivity index (χ0v) is 13.9. The largest absolute Gasteiger partial charge is 0.338 e. The normalized spacial score (nSPS) is 15.0. The van der Waals surface area contributed by atoms with Gasteiger partial charge in [0.05, 0.1) is 6.04 Å². The summed E-state index contributed by atoms with van der Waals surface area (Å²) in [6.07, 6.45) is 0. The molecule has 1 heterocycles. The van der Waals surface area contributed by atoms with E-state index in [1.54, 1.807) is 0 Å². The first kappa shape index (κ1) is 16.0. The maximum absolute atomic E-state index is 6.22. The van der Waals surface area contributed by atoms with Crippen molar-refractivity contribution in [1.29, 1.82) is 0 Å². The van der Waals surface area contributed by atoms with Gasteiger partial charge >= 0.3 is 0 Å². The number of nitrogens with one attached hydrogen (secondary N) is 1. The SMILES string of the molecule is CC(NC(C)c1ccccc1Cl)c1nc(C(C)(C)C)no1. The Labute approximate surface area is 130 Å². The van der Waals surface area contributed by atoms with Crippen molar-refractivity contribution in [1.82, 2.24) is 15.5 Å². The molecule has 0 saturated heterocycles. The summed E-state index contributed by atoms with van der Waals surface area (Å²) in [5, 5.41) is 8.25. The van der Waals surface area contributed by atoms with Crippen LogP contribution in [0.1, 0.15) is 64.0 Å². The Morgan fingerprint density at radius 3 is 2.38 bits per heavy atom. The smallest absolute Gasteiger partial charge is 0.243 e. The van der Waals surface area contributed by atoms with Gasteiger partial charge in [-0.1, -0.05) is 55.7 Å². The number of nitrogens with zero attached hydrogens (tertiary/aromatic N) is 2. The van der Waals surface area contributed by atoms with Gasteiger partial charge in [0.15, 0.2) is 5.82 Å². The van der Waals surface area contributed by atoms with Crippen molar-refractivity contribution >= 4 is 11.6 Å². The molecule has 21 heavy (non-hydrogen) atoms. The van der Waals surface area contributed by atoms with E-state index >= 15 is 0 Å². The van der Waals surface area contributed by atoms with E-state index in [1.165, 1.54) is 0 Å². The summed E-state index contributed by atoms with van der Waals surface area (Å²) >= 11 is 6.22. The Bertz CT molecular complexity index is 604. The predicted molar refractivity (Wildman–Crippen MR) is 84.4 cm³/mol. The average molecular weight is 308 g/mol. The zero-order valence-electron chi connectivity index (χ0n) is 13.1. The Hall–Kier alpha value is -1.39. The van der Waals surface area contributed by atoms with Crippen molar-refractivity contribution in [3.63, 3.8) is 0 Å². The van der Waals surface area contributed by atoms with Crippen LogP contribution >= 0.6 is 11.6 Å². The van der Waals surface area contributed by atoms with Gasteiger partial charge < -0.3 is 4.52 Å². The van der Waals surface area contributed by atoms with Crippen LogP contribution in [0.15, 0.2) is 28.8 Å². The summed E-state index contributed by atoms with van der Waals surface area (Å²) < 4.78 is 5.36. The molecule has 0 amide bonds. The van der Waals surface area contributed by atoms with Crippen LogP contribution in [-0.4, -0.2) is 10.1 Å². The number of aromatic nitrogens is 2. The highest BCUT2D eigenvalue weighted by molar-refractivity contribution is 6.31. The third-order valence-corrected chi connectivity index (χ3v) is 3.70. The van der Waals surface area contributed by atoms with Gasteiger partial charge in [-0.05, 0) is 25.5 Å². The van der Waals surface area contributed by atoms with E-state index in [2.05, 4.69) is 43.2 Å². The van der Waals surface area contributed by atoms with E-state index < -0.39 is 0 Å². The second-order valence-electron chi connectivity index (χ2n) is 6.34. The lowest BCUT2D eigenvalue weighted by atomic mass is 9.96. The number of halogens is 1. The van der Waals surface area contributed by atoms with E-state index in [0.717, 1.165) is 16.4 Å². The summed E-state index contributed by atoms with van der Waals surface area (Å²) in [6, 6.07) is 7.87. The molecule has 114 valence electrons. The van der Waals surface area contributed by atoms with Gasteiger partial charge in [-0.15, -0.1) is 0 Å². The van der Waals surface area contributed by atoms with Crippen LogP contribution < -0.4 is 5.32 Å². The summed E-state index contributed by atoms with van der Waals surface area (Å²) in [6.45, 7) is 10.3. The summed E-state index contributed by atoms with van der Waals surface area (Å²) in [5.74, 6) is 1.32. The first-order chi connectivity index (χ1) is 9.79. The molecule has 1 aromatic heterocycles. The van der Waals surface area contributed by atoms with Crippen molar-refractivity contribution in [2.24, 2.45) is 0 Å². The fourth-order valence-electron chi connectivity index (χ4n) is 2.08. The average Bonchev–Trinajstić information content (AvgIpc) is 2.88. The van der Waals surface area contributed by atoms with E-state index in [-0.39, 0.29) is 17.5 Å². The van der Waals surface area contributed by atoms with E-state index in [9.17, 15) is 0 Å². The maximum atomic E-state index is 6.22. The molecule has 1 N–H and O–H groups in total. The first-order valence-corrected chi connectivity index (χ1v) is 7.51. The van der Waals surface area contributed by atoms with Crippen molar-refractivity contribution in [2.75, 3.05) is 0 Å². The molecule has 2 atom stereocenters. The molecule has 0 bridgehead atoms. The second-order valence-corrected chi connectivity index (χ2v) is 6.74. The molecular weight excluding hydrogens is 286 g/mol. The quantitative estimate of drug-likeness (QED) is 0.907. The minimum Gasteiger partial charge on any atom is -0.338 e. The second kappa shape index (κ2) is 6.16. The third kappa shape index (κ3) is 3.83. The summed E-state index contributed by atoms with van der Waals surface area (Å²) in [7, 11) is 0. The van der Waals surface area contributed by atoms with Gasteiger partial charge in [0.25, 0.3) is 0 Å². The van der Waals surface area contributed by atoms with Crippen LogP contribution in [0.3, 0.4) is 0 Å². The highest BCUT2D eigenvalue weighted by Crippen LogP contribution is 2.26. The van der Waals surface area contributed by atoms with Gasteiger partial charge in [0, 0.05) is 16.5 Å². The molecule has 1 aromatic carbocycles. The number of hydrogen-bond donors (Lipinski definition) is 1. The van der Waals surface area contributed by atoms with Crippen LogP contribution in [0.4, 0.5) is 0 Å². The van der Waals surface area contributed by atoms with Crippen molar-refractivity contribution in [2.45, 2.75) is 52.1 Å². The molecule has 0 radical (unpaired) electrons. The van der Waals surface area contributed by atoms with Gasteiger partial charge in [-0.3, -0.25) is 5.32 Å². The third-order valence-electron chi connectivity index (χ3n) is 3.35. The van der Waals surface area contributed by atoms with Crippen molar-refractivity contribution in [3.05, 3.63) is 46.6 Å². The lowest BCUT2D eigenvalue weighted by Crippen LogP contribution is -2.23. The minimum atomic E-state index is -0.115. The number of benzene rings is 1. The Morgan fingerprint density at radius 1 is 1.14 bits per heavy atom. The van der Waals surface area contributed by atoms with Gasteiger partial charge in [0.2, 0.25) is 5.89 Å². The van der Waals surface area contributed by atoms with Crippen LogP contribution in [0.5, 0.6) is 0 Å². The molecule has 0 aliphatic rings. The molecule has 5 heteroatoms. The monoisotopic (exact) mass is 307 g/mol. The van der Waals surface area contributed by atoms with Gasteiger partial charge in [0.1, 0.15) is 0 Å². The van der Waals surface area contributed by atoms with Crippen LogP contribution in [0.25, 0.3) is 0 Å². The van der Waals surface area contributed by atoms with E-state index in [1.807, 2.05) is 31.2 Å². The van der Waals surface area contributed by atoms with Crippen molar-refractivity contribution < 1.29 is 4.52 Å². The topological polar surface area (TPSA) is 51.0 Å². The standard InChI is InChI=1S/C16H22ClN3O/c1-10(12-8-6-7-9-13(12)17)18-11(2)14-19-15(20-21-14)16(3,4)5/h6-11,18H,1-5H3. The Balaban J connectivity index is 2.09. The highest BCUT2D eigenvalue weighted by Gasteiger charge is 2.24. The van der Waals surface area contributed by atoms with E-state index in [0.29, 0.717) is 5.89 Å². The van der Waals surface area contributed by atoms with Crippen LogP contribution in [0, 0.1) is 0 Å². The number of hydrogen-bond acceptors (Lipinski definition) is 4. The lowest BCUT2D eigenvalue weighted by molar-refractivity contribution is 0.321. The van der Waals surface area contributed by atoms with Crippen LogP contribution in [0.2, 0.25) is 5.02 Å². The molecule has 4 nitrogen and oxygen atoms in total. The Morgan fingerprint density at radius 2 is 1.81 bits per heavy atom. The molecule has 0 aliphatic heterocycles. The van der Waals surface area contributed by atoms with Gasteiger partial charge in [-0.2, -0.15) is 4.98 Å². The minimum absolute atomic E-state index is 0.0418. The molecule has 0 aliphatic carbocycles. The molecule has 2 unspecified atom stereocenters. The molecular formula is C16H22ClN3O. The highest BCUT2D eigenvalue weighted by atomic mass is 35.5. The predicted octanol–water partition coefficient (Wildman–Crippen LogP) is 4.43. The zero-order chi connectivity index (χ0) is 15.6. The molecule has 0 saturated carbocycles. The Kier molecular flexibility index (Phi) is 4.69. The molecule has 0 spiro atoms. The summed E-state index contributed by atoms with van der Waals surface area (Å²) in [4.78, 5) is 4.48. The molecule has 0 fully saturated rings. The lowest BCUT2D eigenvalue weighted by Gasteiger charge is -2.18. The van der Waals surface area contributed by atoms with Gasteiger partial charge in [-0.25, -0.2) is 0 Å². The summed E-state index contributed by atoms with van der Waals surface area (Å²) in [5.41, 5.74) is 0.942. The maximum Gasteiger partial charge on any atom is 0.243 e. The number of rotatable bonds is 4. The fourth-order valence-corrected chi connectivity index (χ4v) is 2.38. The first-order valence-electron chi connectivity index (χ1n) is 7.13. The van der Waals surface area contributed by atoms with Crippen LogP contribution in [-0.2, 0) is 5.41 Å². The fraction of sp³-hybridized carbons (Fsp3) is 0.500.